The zero-order valence-electron chi connectivity index (χ0n) is 9.17. The van der Waals surface area contributed by atoms with Crippen LogP contribution in [0.5, 0.6) is 0 Å². The van der Waals surface area contributed by atoms with E-state index in [0.29, 0.717) is 13.0 Å². The highest BCUT2D eigenvalue weighted by Gasteiger charge is 2.48. The van der Waals surface area contributed by atoms with Crippen LogP contribution in [-0.2, 0) is 9.47 Å². The molecule has 3 atom stereocenters. The van der Waals surface area contributed by atoms with Crippen LogP contribution in [0.3, 0.4) is 0 Å². The number of ether oxygens (including phenoxy) is 2. The predicted octanol–water partition coefficient (Wildman–Crippen LogP) is 2.23. The molecule has 0 aromatic heterocycles. The number of alkyl halides is 3. The quantitative estimate of drug-likeness (QED) is 0.768. The molecular weight excluding hydrogens is 225 g/mol. The first-order valence-corrected chi connectivity index (χ1v) is 5.47. The second-order valence-electron chi connectivity index (χ2n) is 3.90. The van der Waals surface area contributed by atoms with Crippen LogP contribution in [0.25, 0.3) is 0 Å². The van der Waals surface area contributed by atoms with E-state index in [1.807, 2.05) is 6.92 Å². The fourth-order valence-corrected chi connectivity index (χ4v) is 1.56. The average molecular weight is 242 g/mol. The van der Waals surface area contributed by atoms with Crippen molar-refractivity contribution in [2.45, 2.75) is 57.3 Å². The number of aliphatic hydroxyl groups excluding tert-OH is 1. The maximum Gasteiger partial charge on any atom is 0.417 e. The van der Waals surface area contributed by atoms with Crippen molar-refractivity contribution >= 4 is 0 Å². The van der Waals surface area contributed by atoms with Gasteiger partial charge in [0.15, 0.2) is 12.4 Å². The van der Waals surface area contributed by atoms with E-state index < -0.39 is 24.7 Å². The second kappa shape index (κ2) is 5.84. The van der Waals surface area contributed by atoms with Gasteiger partial charge >= 0.3 is 6.18 Å². The molecule has 6 heteroatoms. The molecule has 1 heterocycles. The number of hydrogen-bond donors (Lipinski definition) is 1. The molecule has 0 bridgehead atoms. The van der Waals surface area contributed by atoms with Gasteiger partial charge in [-0.25, -0.2) is 0 Å². The summed E-state index contributed by atoms with van der Waals surface area (Å²) in [5.74, 6) is 0. The van der Waals surface area contributed by atoms with Gasteiger partial charge < -0.3 is 14.6 Å². The maximum absolute atomic E-state index is 12.4. The van der Waals surface area contributed by atoms with Crippen LogP contribution in [0, 0.1) is 0 Å². The minimum Gasteiger partial charge on any atom is -0.390 e. The molecular formula is C10H17F3O3. The van der Waals surface area contributed by atoms with E-state index in [2.05, 4.69) is 0 Å². The Kier molecular flexibility index (Phi) is 5.01. The van der Waals surface area contributed by atoms with Crippen molar-refractivity contribution in [1.29, 1.82) is 0 Å². The van der Waals surface area contributed by atoms with Crippen molar-refractivity contribution in [2.24, 2.45) is 0 Å². The van der Waals surface area contributed by atoms with E-state index in [4.69, 9.17) is 9.47 Å². The molecule has 1 aliphatic heterocycles. The molecule has 0 unspecified atom stereocenters. The molecule has 1 aliphatic rings. The summed E-state index contributed by atoms with van der Waals surface area (Å²) in [6.07, 6.45) is -6.91. The molecule has 0 spiro atoms. The largest absolute Gasteiger partial charge is 0.417 e. The van der Waals surface area contributed by atoms with E-state index in [9.17, 15) is 18.3 Å². The molecule has 96 valence electrons. The van der Waals surface area contributed by atoms with Gasteiger partial charge in [0.25, 0.3) is 0 Å². The van der Waals surface area contributed by atoms with Crippen LogP contribution < -0.4 is 0 Å². The first-order valence-electron chi connectivity index (χ1n) is 5.47. The summed E-state index contributed by atoms with van der Waals surface area (Å²) < 4.78 is 47.1. The lowest BCUT2D eigenvalue weighted by Crippen LogP contribution is -2.48. The number of rotatable bonds is 4. The third kappa shape index (κ3) is 3.92. The molecule has 0 aromatic carbocycles. The first kappa shape index (κ1) is 13.7. The standard InChI is InChI=1S/C10H17F3O3/c1-2-3-6-15-8-5-4-7(14)9(16-8)10(11,12)13/h7-9,14H,2-6H2,1H3/t7-,8+,9-/m1/s1. The number of unbranched alkanes of at least 4 members (excludes halogenated alkanes) is 1. The first-order chi connectivity index (χ1) is 7.45. The Labute approximate surface area is 92.5 Å². The lowest BCUT2D eigenvalue weighted by molar-refractivity contribution is -0.311. The normalized spacial score (nSPS) is 31.7. The van der Waals surface area contributed by atoms with Crippen LogP contribution in [-0.4, -0.2) is 36.4 Å². The molecule has 0 amide bonds. The number of halogens is 3. The Morgan fingerprint density at radius 2 is 2.06 bits per heavy atom. The maximum atomic E-state index is 12.4. The number of aliphatic hydroxyl groups is 1. The predicted molar refractivity (Wildman–Crippen MR) is 50.8 cm³/mol. The van der Waals surface area contributed by atoms with Gasteiger partial charge in [-0.05, 0) is 12.8 Å². The fourth-order valence-electron chi connectivity index (χ4n) is 1.56. The third-order valence-electron chi connectivity index (χ3n) is 2.47. The Bertz CT molecular complexity index is 208. The third-order valence-corrected chi connectivity index (χ3v) is 2.47. The fraction of sp³-hybridized carbons (Fsp3) is 1.00. The van der Waals surface area contributed by atoms with E-state index in [1.165, 1.54) is 0 Å². The molecule has 3 nitrogen and oxygen atoms in total. The van der Waals surface area contributed by atoms with E-state index >= 15 is 0 Å². The van der Waals surface area contributed by atoms with Gasteiger partial charge in [0.05, 0.1) is 6.10 Å². The molecule has 0 aliphatic carbocycles. The smallest absolute Gasteiger partial charge is 0.390 e. The molecule has 1 N–H and O–H groups in total. The zero-order chi connectivity index (χ0) is 12.2. The molecule has 1 fully saturated rings. The zero-order valence-corrected chi connectivity index (χ0v) is 9.17. The molecule has 0 saturated carbocycles. The van der Waals surface area contributed by atoms with Crippen molar-refractivity contribution in [3.8, 4) is 0 Å². The Morgan fingerprint density at radius 3 is 2.62 bits per heavy atom. The van der Waals surface area contributed by atoms with Crippen LogP contribution >= 0.6 is 0 Å². The highest BCUT2D eigenvalue weighted by Crippen LogP contribution is 2.32. The van der Waals surface area contributed by atoms with Crippen molar-refractivity contribution in [3.05, 3.63) is 0 Å². The molecule has 0 aromatic rings. The van der Waals surface area contributed by atoms with E-state index in [-0.39, 0.29) is 6.42 Å². The van der Waals surface area contributed by atoms with E-state index in [1.54, 1.807) is 0 Å². The van der Waals surface area contributed by atoms with Gasteiger partial charge in [-0.3, -0.25) is 0 Å². The average Bonchev–Trinajstić information content (AvgIpc) is 2.19. The molecule has 16 heavy (non-hydrogen) atoms. The summed E-state index contributed by atoms with van der Waals surface area (Å²) in [6.45, 7) is 2.36. The van der Waals surface area contributed by atoms with Gasteiger partial charge in [-0.2, -0.15) is 13.2 Å². The minimum atomic E-state index is -4.54. The van der Waals surface area contributed by atoms with Crippen LogP contribution in [0.15, 0.2) is 0 Å². The van der Waals surface area contributed by atoms with Crippen molar-refractivity contribution < 1.29 is 27.8 Å². The minimum absolute atomic E-state index is 0.0565. The number of hydrogen-bond acceptors (Lipinski definition) is 3. The van der Waals surface area contributed by atoms with Crippen LogP contribution in [0.2, 0.25) is 0 Å². The Hall–Kier alpha value is -0.330. The van der Waals surface area contributed by atoms with Crippen molar-refractivity contribution in [2.75, 3.05) is 6.61 Å². The highest BCUT2D eigenvalue weighted by molar-refractivity contribution is 4.81. The van der Waals surface area contributed by atoms with E-state index in [0.717, 1.165) is 12.8 Å². The van der Waals surface area contributed by atoms with Gasteiger partial charge in [-0.1, -0.05) is 13.3 Å². The topological polar surface area (TPSA) is 38.7 Å². The lowest BCUT2D eigenvalue weighted by Gasteiger charge is -2.34. The van der Waals surface area contributed by atoms with Crippen LogP contribution in [0.1, 0.15) is 32.6 Å². The van der Waals surface area contributed by atoms with Crippen LogP contribution in [0.4, 0.5) is 13.2 Å². The second-order valence-corrected chi connectivity index (χ2v) is 3.90. The summed E-state index contributed by atoms with van der Waals surface area (Å²) in [4.78, 5) is 0. The van der Waals surface area contributed by atoms with Gasteiger partial charge in [0.1, 0.15) is 0 Å². The SMILES string of the molecule is CCCCO[C@@H]1CC[C@@H](O)[C@H](C(F)(F)F)O1. The van der Waals surface area contributed by atoms with Gasteiger partial charge in [0, 0.05) is 13.0 Å². The lowest BCUT2D eigenvalue weighted by atomic mass is 10.0. The summed E-state index contributed by atoms with van der Waals surface area (Å²) in [5, 5.41) is 9.19. The monoisotopic (exact) mass is 242 g/mol. The summed E-state index contributed by atoms with van der Waals surface area (Å²) in [6, 6.07) is 0. The highest BCUT2D eigenvalue weighted by atomic mass is 19.4. The van der Waals surface area contributed by atoms with Crippen molar-refractivity contribution in [1.82, 2.24) is 0 Å². The summed E-state index contributed by atoms with van der Waals surface area (Å²) >= 11 is 0. The van der Waals surface area contributed by atoms with Gasteiger partial charge in [0.2, 0.25) is 0 Å². The summed E-state index contributed by atoms with van der Waals surface area (Å²) in [7, 11) is 0. The molecule has 1 saturated heterocycles. The Balaban J connectivity index is 2.41. The van der Waals surface area contributed by atoms with Crippen molar-refractivity contribution in [3.63, 3.8) is 0 Å². The summed E-state index contributed by atoms with van der Waals surface area (Å²) in [5.41, 5.74) is 0. The molecule has 1 rings (SSSR count). The molecule has 0 radical (unpaired) electrons. The Morgan fingerprint density at radius 1 is 1.38 bits per heavy atom. The van der Waals surface area contributed by atoms with Gasteiger partial charge in [-0.15, -0.1) is 0 Å².